The molecule has 2 aromatic heterocycles. The lowest BCUT2D eigenvalue weighted by Crippen LogP contribution is -2.26. The third-order valence-electron chi connectivity index (χ3n) is 4.17. The number of rotatable bonds is 3. The number of carbonyl (C=O) groups is 1. The minimum atomic E-state index is -0.233. The Bertz CT molecular complexity index is 929. The highest BCUT2D eigenvalue weighted by Gasteiger charge is 2.35. The van der Waals surface area contributed by atoms with Gasteiger partial charge in [-0.3, -0.25) is 4.79 Å². The van der Waals surface area contributed by atoms with Crippen molar-refractivity contribution in [1.82, 2.24) is 5.01 Å². The molecule has 0 aliphatic carbocycles. The van der Waals surface area contributed by atoms with Crippen LogP contribution < -0.4 is 0 Å². The lowest BCUT2D eigenvalue weighted by atomic mass is 10.00. The van der Waals surface area contributed by atoms with Gasteiger partial charge in [0.1, 0.15) is 0 Å². The minimum absolute atomic E-state index is 0.130. The lowest BCUT2D eigenvalue weighted by molar-refractivity contribution is 0.0677. The van der Waals surface area contributed by atoms with Crippen LogP contribution in [0.3, 0.4) is 0 Å². The van der Waals surface area contributed by atoms with Crippen LogP contribution in [-0.2, 0) is 0 Å². The third-order valence-corrected chi connectivity index (χ3v) is 5.52. The van der Waals surface area contributed by atoms with Crippen LogP contribution in [0.5, 0.6) is 0 Å². The highest BCUT2D eigenvalue weighted by molar-refractivity contribution is 9.10. The number of hydrogen-bond donors (Lipinski definition) is 0. The van der Waals surface area contributed by atoms with Crippen LogP contribution in [0.2, 0.25) is 0 Å². The number of thiophene rings is 1. The van der Waals surface area contributed by atoms with Gasteiger partial charge in [-0.15, -0.1) is 11.3 Å². The fourth-order valence-corrected chi connectivity index (χ4v) is 3.91. The summed E-state index contributed by atoms with van der Waals surface area (Å²) in [5.41, 5.74) is 3.19. The highest BCUT2D eigenvalue weighted by atomic mass is 79.9. The Morgan fingerprint density at radius 2 is 2.04 bits per heavy atom. The Hall–Kier alpha value is -2.18. The molecule has 4 rings (SSSR count). The Morgan fingerprint density at radius 1 is 1.24 bits per heavy atom. The SMILES string of the molecule is Cc1ccc([C@@H]2CC(c3cccs3)=NN2C(=O)c2ccc(Br)o2)cc1. The molecular weight excluding hydrogens is 400 g/mol. The second-order valence-electron chi connectivity index (χ2n) is 5.91. The maximum atomic E-state index is 12.9. The Morgan fingerprint density at radius 3 is 2.68 bits per heavy atom. The number of hydrogen-bond acceptors (Lipinski definition) is 4. The van der Waals surface area contributed by atoms with Crippen molar-refractivity contribution in [2.45, 2.75) is 19.4 Å². The topological polar surface area (TPSA) is 45.8 Å². The summed E-state index contributed by atoms with van der Waals surface area (Å²) >= 11 is 4.88. The minimum Gasteiger partial charge on any atom is -0.444 e. The number of amides is 1. The quantitative estimate of drug-likeness (QED) is 0.575. The summed E-state index contributed by atoms with van der Waals surface area (Å²) in [5, 5.41) is 8.20. The van der Waals surface area contributed by atoms with Gasteiger partial charge >= 0.3 is 5.91 Å². The predicted molar refractivity (Wildman–Crippen MR) is 102 cm³/mol. The molecule has 0 unspecified atom stereocenters. The zero-order chi connectivity index (χ0) is 17.4. The van der Waals surface area contributed by atoms with Crippen molar-refractivity contribution in [3.8, 4) is 0 Å². The van der Waals surface area contributed by atoms with E-state index in [2.05, 4.69) is 52.2 Å². The van der Waals surface area contributed by atoms with Crippen LogP contribution in [0.15, 0.2) is 68.1 Å². The van der Waals surface area contributed by atoms with Gasteiger partial charge in [-0.1, -0.05) is 35.9 Å². The molecule has 1 amide bonds. The molecule has 1 atom stereocenters. The summed E-state index contributed by atoms with van der Waals surface area (Å²) in [5.74, 6) is 0.0444. The van der Waals surface area contributed by atoms with Crippen molar-refractivity contribution in [2.75, 3.05) is 0 Å². The van der Waals surface area contributed by atoms with Gasteiger partial charge in [-0.2, -0.15) is 5.10 Å². The molecule has 1 aliphatic heterocycles. The number of aryl methyl sites for hydroxylation is 1. The van der Waals surface area contributed by atoms with E-state index in [4.69, 9.17) is 4.42 Å². The molecule has 0 bridgehead atoms. The number of carbonyl (C=O) groups excluding carboxylic acids is 1. The first-order valence-corrected chi connectivity index (χ1v) is 9.56. The van der Waals surface area contributed by atoms with Crippen molar-refractivity contribution in [1.29, 1.82) is 0 Å². The summed E-state index contributed by atoms with van der Waals surface area (Å²) in [6.45, 7) is 2.05. The van der Waals surface area contributed by atoms with Crippen LogP contribution in [0.25, 0.3) is 0 Å². The largest absolute Gasteiger partial charge is 0.444 e. The summed E-state index contributed by atoms with van der Waals surface area (Å²) in [6, 6.07) is 15.5. The van der Waals surface area contributed by atoms with Crippen LogP contribution in [-0.4, -0.2) is 16.6 Å². The van der Waals surface area contributed by atoms with E-state index < -0.39 is 0 Å². The predicted octanol–water partition coefficient (Wildman–Crippen LogP) is 5.40. The molecular formula is C19H15BrN2O2S. The van der Waals surface area contributed by atoms with E-state index in [9.17, 15) is 4.79 Å². The van der Waals surface area contributed by atoms with Gasteiger partial charge in [-0.25, -0.2) is 5.01 Å². The van der Waals surface area contributed by atoms with Crippen LogP contribution in [0.1, 0.15) is 39.0 Å². The van der Waals surface area contributed by atoms with Gasteiger partial charge in [0.15, 0.2) is 10.4 Å². The highest BCUT2D eigenvalue weighted by Crippen LogP contribution is 2.35. The molecule has 126 valence electrons. The van der Waals surface area contributed by atoms with E-state index in [1.54, 1.807) is 28.5 Å². The van der Waals surface area contributed by atoms with Gasteiger partial charge in [0.05, 0.1) is 16.6 Å². The average molecular weight is 415 g/mol. The number of halogens is 1. The summed E-state index contributed by atoms with van der Waals surface area (Å²) < 4.78 is 5.98. The van der Waals surface area contributed by atoms with Gasteiger partial charge in [-0.05, 0) is 52.0 Å². The van der Waals surface area contributed by atoms with Crippen molar-refractivity contribution in [3.05, 3.63) is 80.3 Å². The molecule has 6 heteroatoms. The molecule has 0 N–H and O–H groups in total. The molecule has 0 saturated carbocycles. The molecule has 3 heterocycles. The fourth-order valence-electron chi connectivity index (χ4n) is 2.88. The molecule has 3 aromatic rings. The molecule has 0 spiro atoms. The monoisotopic (exact) mass is 414 g/mol. The van der Waals surface area contributed by atoms with Crippen molar-refractivity contribution in [3.63, 3.8) is 0 Å². The van der Waals surface area contributed by atoms with Crippen molar-refractivity contribution in [2.24, 2.45) is 5.10 Å². The summed E-state index contributed by atoms with van der Waals surface area (Å²) in [7, 11) is 0. The van der Waals surface area contributed by atoms with Crippen LogP contribution in [0.4, 0.5) is 0 Å². The zero-order valence-corrected chi connectivity index (χ0v) is 15.9. The number of benzene rings is 1. The van der Waals surface area contributed by atoms with Crippen LogP contribution >= 0.6 is 27.3 Å². The molecule has 4 nitrogen and oxygen atoms in total. The number of hydrazone groups is 1. The fraction of sp³-hybridized carbons (Fsp3) is 0.158. The number of nitrogens with zero attached hydrogens (tertiary/aromatic N) is 2. The maximum absolute atomic E-state index is 12.9. The number of furan rings is 1. The van der Waals surface area contributed by atoms with Gasteiger partial charge < -0.3 is 4.42 Å². The van der Waals surface area contributed by atoms with E-state index in [-0.39, 0.29) is 17.7 Å². The maximum Gasteiger partial charge on any atom is 0.310 e. The third kappa shape index (κ3) is 3.19. The van der Waals surface area contributed by atoms with Crippen molar-refractivity contribution < 1.29 is 9.21 Å². The zero-order valence-electron chi connectivity index (χ0n) is 13.5. The molecule has 25 heavy (non-hydrogen) atoms. The Balaban J connectivity index is 1.72. The second kappa shape index (κ2) is 6.61. The lowest BCUT2D eigenvalue weighted by Gasteiger charge is -2.21. The van der Waals surface area contributed by atoms with Gasteiger partial charge in [0, 0.05) is 6.42 Å². The van der Waals surface area contributed by atoms with E-state index in [1.807, 2.05) is 17.5 Å². The van der Waals surface area contributed by atoms with Crippen molar-refractivity contribution >= 4 is 38.9 Å². The summed E-state index contributed by atoms with van der Waals surface area (Å²) in [6.07, 6.45) is 0.692. The van der Waals surface area contributed by atoms with E-state index in [0.29, 0.717) is 11.1 Å². The smallest absolute Gasteiger partial charge is 0.310 e. The van der Waals surface area contributed by atoms with E-state index >= 15 is 0 Å². The summed E-state index contributed by atoms with van der Waals surface area (Å²) in [4.78, 5) is 14.0. The Kier molecular flexibility index (Phi) is 4.31. The first kappa shape index (κ1) is 16.3. The molecule has 0 saturated heterocycles. The van der Waals surface area contributed by atoms with E-state index in [0.717, 1.165) is 16.2 Å². The van der Waals surface area contributed by atoms with Gasteiger partial charge in [0.2, 0.25) is 0 Å². The standard InChI is InChI=1S/C19H15BrN2O2S/c1-12-4-6-13(7-5-12)15-11-14(17-3-2-10-25-17)21-22(15)19(23)16-8-9-18(20)24-16/h2-10,15H,11H2,1H3/t15-/m0/s1. The normalized spacial score (nSPS) is 17.0. The average Bonchev–Trinajstić information content (AvgIpc) is 3.35. The van der Waals surface area contributed by atoms with E-state index in [1.165, 1.54) is 5.56 Å². The first-order chi connectivity index (χ1) is 12.1. The Labute approximate surface area is 157 Å². The molecule has 0 radical (unpaired) electrons. The van der Waals surface area contributed by atoms with Crippen LogP contribution in [0, 0.1) is 6.92 Å². The second-order valence-corrected chi connectivity index (χ2v) is 7.64. The molecule has 1 aliphatic rings. The molecule has 1 aromatic carbocycles. The molecule has 0 fully saturated rings. The first-order valence-electron chi connectivity index (χ1n) is 7.88. The van der Waals surface area contributed by atoms with Gasteiger partial charge in [0.25, 0.3) is 0 Å².